The summed E-state index contributed by atoms with van der Waals surface area (Å²) in [7, 11) is -4.16. The fourth-order valence-corrected chi connectivity index (χ4v) is 5.02. The minimum atomic E-state index is -4.16. The largest absolute Gasteiger partial charge is 0.454 e. The first-order valence-corrected chi connectivity index (χ1v) is 10.9. The number of carbonyl (C=O) groups is 2. The van der Waals surface area contributed by atoms with Crippen LogP contribution in [0.25, 0.3) is 0 Å². The summed E-state index contributed by atoms with van der Waals surface area (Å²) in [6.45, 7) is -0.315. The van der Waals surface area contributed by atoms with Crippen molar-refractivity contribution in [1.82, 2.24) is 4.31 Å². The fraction of sp³-hybridized carbons (Fsp3) is 0.300. The lowest BCUT2D eigenvalue weighted by molar-refractivity contribution is -0.131. The first kappa shape index (κ1) is 19.7. The van der Waals surface area contributed by atoms with E-state index in [-0.39, 0.29) is 23.9 Å². The van der Waals surface area contributed by atoms with Gasteiger partial charge in [-0.1, -0.05) is 17.7 Å². The maximum absolute atomic E-state index is 13.1. The predicted molar refractivity (Wildman–Crippen MR) is 104 cm³/mol. The van der Waals surface area contributed by atoms with Crippen LogP contribution in [0.3, 0.4) is 0 Å². The molecule has 29 heavy (non-hydrogen) atoms. The Labute approximate surface area is 173 Å². The van der Waals surface area contributed by atoms with Gasteiger partial charge in [0.2, 0.25) is 12.7 Å². The summed E-state index contributed by atoms with van der Waals surface area (Å²) in [4.78, 5) is 25.3. The Morgan fingerprint density at radius 2 is 1.76 bits per heavy atom. The number of ether oxygens (including phenoxy) is 2. The zero-order valence-corrected chi connectivity index (χ0v) is 16.9. The molecule has 4 rings (SSSR count). The van der Waals surface area contributed by atoms with E-state index >= 15 is 0 Å². The standard InChI is InChI=1S/C20H18ClNO6S/c21-15-3-6-17(7-4-15)29(25,26)22-11-16(23)5-2-14(20(22)24)9-13-1-8-18-19(10-13)28-12-27-18/h1,3-4,6-8,10,14H,2,5,9,11-12H2. The summed E-state index contributed by atoms with van der Waals surface area (Å²) in [6.07, 6.45) is 0.738. The van der Waals surface area contributed by atoms with Gasteiger partial charge in [0.25, 0.3) is 10.0 Å². The highest BCUT2D eigenvalue weighted by atomic mass is 35.5. The molecular weight excluding hydrogens is 418 g/mol. The van der Waals surface area contributed by atoms with Crippen LogP contribution in [0.4, 0.5) is 0 Å². The zero-order chi connectivity index (χ0) is 20.6. The maximum Gasteiger partial charge on any atom is 0.266 e. The third-order valence-corrected chi connectivity index (χ3v) is 7.02. The van der Waals surface area contributed by atoms with E-state index in [1.54, 1.807) is 12.1 Å². The Kier molecular flexibility index (Phi) is 5.23. The minimum Gasteiger partial charge on any atom is -0.454 e. The van der Waals surface area contributed by atoms with Crippen molar-refractivity contribution in [1.29, 1.82) is 0 Å². The molecule has 2 aromatic rings. The molecule has 0 N–H and O–H groups in total. The molecular formula is C20H18ClNO6S. The van der Waals surface area contributed by atoms with Gasteiger partial charge in [0.1, 0.15) is 0 Å². The molecule has 7 nitrogen and oxygen atoms in total. The number of sulfonamides is 1. The number of hydrogen-bond donors (Lipinski definition) is 0. The molecule has 1 fully saturated rings. The molecule has 1 unspecified atom stereocenters. The van der Waals surface area contributed by atoms with Crippen molar-refractivity contribution in [2.24, 2.45) is 5.92 Å². The monoisotopic (exact) mass is 435 g/mol. The van der Waals surface area contributed by atoms with E-state index in [1.807, 2.05) is 6.07 Å². The molecule has 0 aliphatic carbocycles. The SMILES string of the molecule is O=C1CCC(Cc2ccc3c(c2)OCO3)C(=O)N(S(=O)(=O)c2ccc(Cl)cc2)C1. The van der Waals surface area contributed by atoms with Crippen molar-refractivity contribution < 1.29 is 27.5 Å². The van der Waals surface area contributed by atoms with Crippen molar-refractivity contribution >= 4 is 33.3 Å². The average Bonchev–Trinajstić information content (AvgIpc) is 3.11. The molecule has 0 radical (unpaired) electrons. The Morgan fingerprint density at radius 1 is 1.03 bits per heavy atom. The summed E-state index contributed by atoms with van der Waals surface area (Å²) in [6, 6.07) is 10.9. The van der Waals surface area contributed by atoms with Gasteiger partial charge < -0.3 is 9.47 Å². The van der Waals surface area contributed by atoms with Gasteiger partial charge in [-0.15, -0.1) is 0 Å². The summed E-state index contributed by atoms with van der Waals surface area (Å²) >= 11 is 5.83. The van der Waals surface area contributed by atoms with Gasteiger partial charge in [-0.2, -0.15) is 0 Å². The topological polar surface area (TPSA) is 90.0 Å². The summed E-state index contributed by atoms with van der Waals surface area (Å²) in [5.74, 6) is -0.287. The zero-order valence-electron chi connectivity index (χ0n) is 15.3. The molecule has 2 heterocycles. The molecule has 0 aromatic heterocycles. The molecule has 1 saturated heterocycles. The van der Waals surface area contributed by atoms with Crippen molar-refractivity contribution in [3.63, 3.8) is 0 Å². The summed E-state index contributed by atoms with van der Waals surface area (Å²) in [5.41, 5.74) is 0.811. The lowest BCUT2D eigenvalue weighted by Gasteiger charge is -2.23. The van der Waals surface area contributed by atoms with Crippen LogP contribution >= 0.6 is 11.6 Å². The number of benzene rings is 2. The lowest BCUT2D eigenvalue weighted by atomic mass is 9.94. The molecule has 0 saturated carbocycles. The summed E-state index contributed by atoms with van der Waals surface area (Å²) in [5, 5.41) is 0.378. The molecule has 0 bridgehead atoms. The molecule has 0 spiro atoms. The summed E-state index contributed by atoms with van der Waals surface area (Å²) < 4.78 is 37.4. The first-order chi connectivity index (χ1) is 13.8. The smallest absolute Gasteiger partial charge is 0.266 e. The van der Waals surface area contributed by atoms with E-state index in [4.69, 9.17) is 21.1 Å². The van der Waals surface area contributed by atoms with E-state index in [0.29, 0.717) is 33.7 Å². The van der Waals surface area contributed by atoms with E-state index in [2.05, 4.69) is 0 Å². The van der Waals surface area contributed by atoms with E-state index in [1.165, 1.54) is 24.3 Å². The van der Waals surface area contributed by atoms with Crippen LogP contribution in [-0.2, 0) is 26.0 Å². The third-order valence-electron chi connectivity index (χ3n) is 5.01. The molecule has 9 heteroatoms. The lowest BCUT2D eigenvalue weighted by Crippen LogP contribution is -2.42. The molecule has 2 aliphatic rings. The number of nitrogens with zero attached hydrogens (tertiary/aromatic N) is 1. The number of hydrogen-bond acceptors (Lipinski definition) is 6. The van der Waals surface area contributed by atoms with Crippen LogP contribution in [0.5, 0.6) is 11.5 Å². The number of Topliss-reactive ketones (excluding diaryl/α,β-unsaturated/α-hetero) is 1. The Morgan fingerprint density at radius 3 is 2.52 bits per heavy atom. The second-order valence-corrected chi connectivity index (χ2v) is 9.27. The highest BCUT2D eigenvalue weighted by Crippen LogP contribution is 2.34. The number of rotatable bonds is 4. The Bertz CT molecular complexity index is 1070. The molecule has 1 amide bonds. The highest BCUT2D eigenvalue weighted by Gasteiger charge is 2.38. The van der Waals surface area contributed by atoms with Crippen LogP contribution in [0, 0.1) is 5.92 Å². The van der Waals surface area contributed by atoms with Crippen LogP contribution < -0.4 is 9.47 Å². The molecule has 2 aliphatic heterocycles. The highest BCUT2D eigenvalue weighted by molar-refractivity contribution is 7.89. The second kappa shape index (κ2) is 7.68. The molecule has 152 valence electrons. The van der Waals surface area contributed by atoms with Crippen molar-refractivity contribution in [3.8, 4) is 11.5 Å². The van der Waals surface area contributed by atoms with E-state index in [9.17, 15) is 18.0 Å². The fourth-order valence-electron chi connectivity index (χ4n) is 3.46. The van der Waals surface area contributed by atoms with Crippen LogP contribution in [0.1, 0.15) is 18.4 Å². The third kappa shape index (κ3) is 3.95. The Balaban J connectivity index is 1.62. The van der Waals surface area contributed by atoms with Gasteiger partial charge >= 0.3 is 0 Å². The quantitative estimate of drug-likeness (QED) is 0.733. The van der Waals surface area contributed by atoms with Gasteiger partial charge in [0.15, 0.2) is 17.3 Å². The second-order valence-electron chi connectivity index (χ2n) is 6.97. The van der Waals surface area contributed by atoms with Gasteiger partial charge in [0.05, 0.1) is 11.4 Å². The maximum atomic E-state index is 13.1. The number of amides is 1. The number of fused-ring (bicyclic) bond motifs is 1. The van der Waals surface area contributed by atoms with E-state index in [0.717, 1.165) is 5.56 Å². The molecule has 2 aromatic carbocycles. The van der Waals surface area contributed by atoms with Crippen LogP contribution in [0.15, 0.2) is 47.4 Å². The van der Waals surface area contributed by atoms with Gasteiger partial charge in [-0.3, -0.25) is 9.59 Å². The number of ketones is 1. The first-order valence-electron chi connectivity index (χ1n) is 9.07. The van der Waals surface area contributed by atoms with Crippen molar-refractivity contribution in [2.75, 3.05) is 13.3 Å². The number of carbonyl (C=O) groups excluding carboxylic acids is 2. The normalized spacial score (nSPS) is 19.3. The average molecular weight is 436 g/mol. The van der Waals surface area contributed by atoms with Crippen LogP contribution in [0.2, 0.25) is 5.02 Å². The van der Waals surface area contributed by atoms with Gasteiger partial charge in [-0.05, 0) is 54.8 Å². The van der Waals surface area contributed by atoms with Crippen molar-refractivity contribution in [3.05, 3.63) is 53.1 Å². The Hall–Kier alpha value is -2.58. The van der Waals surface area contributed by atoms with Gasteiger partial charge in [-0.25, -0.2) is 12.7 Å². The van der Waals surface area contributed by atoms with E-state index < -0.39 is 28.4 Å². The minimum absolute atomic E-state index is 0.0771. The van der Waals surface area contributed by atoms with Crippen molar-refractivity contribution in [2.45, 2.75) is 24.2 Å². The predicted octanol–water partition coefficient (Wildman–Crippen LogP) is 2.81. The molecule has 1 atom stereocenters. The van der Waals surface area contributed by atoms with Crippen LogP contribution in [-0.4, -0.2) is 37.8 Å². The van der Waals surface area contributed by atoms with Gasteiger partial charge in [0, 0.05) is 17.4 Å². The number of halogens is 1.